The topological polar surface area (TPSA) is 98.7 Å². The number of hydrogen-bond acceptors (Lipinski definition) is 5. The van der Waals surface area contributed by atoms with E-state index in [4.69, 9.17) is 0 Å². The van der Waals surface area contributed by atoms with E-state index < -0.39 is 22.6 Å². The standard InChI is InChI=1S/C23H31N3O4S/c1-2-3-12-24-21(29)19-23-11-10-16(31-23)17(18(23)22(30)26(19)13-7-14-27)20(28)25-15-8-5-4-6-9-15/h4-6,8-9,16-19,27H,2-3,7,10-14H2,1H3,(H,24,29)(H,25,28)/t16-,17+,18-,19?,23?/m0/s1. The molecule has 0 aliphatic carbocycles. The number of aliphatic hydroxyl groups is 1. The molecule has 1 aromatic rings. The van der Waals surface area contributed by atoms with Gasteiger partial charge in [0, 0.05) is 30.6 Å². The molecule has 168 valence electrons. The first-order valence-electron chi connectivity index (χ1n) is 11.3. The zero-order valence-electron chi connectivity index (χ0n) is 17.9. The lowest BCUT2D eigenvalue weighted by Gasteiger charge is -2.34. The number of para-hydroxylation sites is 1. The maximum atomic E-state index is 13.6. The number of carbonyl (C=O) groups excluding carboxylic acids is 3. The number of nitrogens with one attached hydrogen (secondary N) is 2. The van der Waals surface area contributed by atoms with Crippen LogP contribution in [-0.2, 0) is 14.4 Å². The summed E-state index contributed by atoms with van der Waals surface area (Å²) in [7, 11) is 0. The van der Waals surface area contributed by atoms with Crippen molar-refractivity contribution in [2.45, 2.75) is 55.1 Å². The molecule has 3 amide bonds. The SMILES string of the molecule is CCCCNC(=O)C1N(CCCO)C(=O)[C@@H]2[C@H](C(=O)Nc3ccccc3)[C@@H]3CCC12S3. The Morgan fingerprint density at radius 3 is 2.71 bits per heavy atom. The van der Waals surface area contributed by atoms with E-state index in [1.165, 1.54) is 0 Å². The van der Waals surface area contributed by atoms with Gasteiger partial charge in [-0.1, -0.05) is 31.5 Å². The number of rotatable bonds is 9. The molecule has 3 aliphatic heterocycles. The van der Waals surface area contributed by atoms with Crippen LogP contribution in [0.5, 0.6) is 0 Å². The first-order valence-corrected chi connectivity index (χ1v) is 12.1. The number of aliphatic hydroxyl groups excluding tert-OH is 1. The van der Waals surface area contributed by atoms with Crippen LogP contribution in [0, 0.1) is 11.8 Å². The molecule has 8 heteroatoms. The molecule has 0 aromatic heterocycles. The van der Waals surface area contributed by atoms with E-state index in [2.05, 4.69) is 17.6 Å². The first-order chi connectivity index (χ1) is 15.0. The second kappa shape index (κ2) is 9.20. The van der Waals surface area contributed by atoms with Gasteiger partial charge in [0.25, 0.3) is 0 Å². The van der Waals surface area contributed by atoms with E-state index in [9.17, 15) is 19.5 Å². The summed E-state index contributed by atoms with van der Waals surface area (Å²) in [6.07, 6.45) is 3.87. The number of unbranched alkanes of at least 4 members (excludes halogenated alkanes) is 1. The molecule has 3 N–H and O–H groups in total. The van der Waals surface area contributed by atoms with Crippen LogP contribution in [0.3, 0.4) is 0 Å². The highest BCUT2D eigenvalue weighted by Gasteiger charge is 2.73. The molecule has 3 fully saturated rings. The molecule has 7 nitrogen and oxygen atoms in total. The number of likely N-dealkylation sites (tertiary alicyclic amines) is 1. The van der Waals surface area contributed by atoms with Gasteiger partial charge in [-0.25, -0.2) is 0 Å². The molecule has 0 radical (unpaired) electrons. The third-order valence-corrected chi connectivity index (χ3v) is 8.73. The van der Waals surface area contributed by atoms with Crippen molar-refractivity contribution in [1.82, 2.24) is 10.2 Å². The third-order valence-electron chi connectivity index (χ3n) is 6.78. The van der Waals surface area contributed by atoms with E-state index in [0.29, 0.717) is 25.2 Å². The van der Waals surface area contributed by atoms with Gasteiger partial charge in [-0.05, 0) is 37.8 Å². The average Bonchev–Trinajstić information content (AvgIpc) is 3.40. The normalized spacial score (nSPS) is 31.0. The fraction of sp³-hybridized carbons (Fsp3) is 0.609. The highest BCUT2D eigenvalue weighted by molar-refractivity contribution is 8.02. The number of carbonyl (C=O) groups is 3. The van der Waals surface area contributed by atoms with Crippen molar-refractivity contribution in [1.29, 1.82) is 0 Å². The zero-order valence-corrected chi connectivity index (χ0v) is 18.7. The average molecular weight is 446 g/mol. The minimum absolute atomic E-state index is 0.0424. The van der Waals surface area contributed by atoms with Gasteiger partial charge >= 0.3 is 0 Å². The molecule has 3 saturated heterocycles. The summed E-state index contributed by atoms with van der Waals surface area (Å²) in [5, 5.41) is 15.4. The third kappa shape index (κ3) is 3.84. The Morgan fingerprint density at radius 2 is 2.00 bits per heavy atom. The number of thioether (sulfide) groups is 1. The number of anilines is 1. The second-order valence-corrected chi connectivity index (χ2v) is 10.3. The Balaban J connectivity index is 1.61. The van der Waals surface area contributed by atoms with E-state index in [1.807, 2.05) is 30.3 Å². The molecule has 2 bridgehead atoms. The van der Waals surface area contributed by atoms with Gasteiger partial charge in [0.2, 0.25) is 17.7 Å². The van der Waals surface area contributed by atoms with Gasteiger partial charge < -0.3 is 20.6 Å². The summed E-state index contributed by atoms with van der Waals surface area (Å²) < 4.78 is -0.563. The quantitative estimate of drug-likeness (QED) is 0.505. The lowest BCUT2D eigenvalue weighted by Crippen LogP contribution is -2.53. The van der Waals surface area contributed by atoms with Crippen LogP contribution in [-0.4, -0.2) is 63.5 Å². The van der Waals surface area contributed by atoms with Crippen molar-refractivity contribution >= 4 is 35.2 Å². The summed E-state index contributed by atoms with van der Waals surface area (Å²) in [5.41, 5.74) is 0.714. The molecule has 3 aliphatic rings. The molecule has 31 heavy (non-hydrogen) atoms. The van der Waals surface area contributed by atoms with Crippen molar-refractivity contribution in [3.05, 3.63) is 30.3 Å². The van der Waals surface area contributed by atoms with Gasteiger partial charge in [-0.3, -0.25) is 14.4 Å². The first kappa shape index (κ1) is 22.1. The number of hydrogen-bond donors (Lipinski definition) is 3. The fourth-order valence-corrected chi connectivity index (χ4v) is 7.69. The van der Waals surface area contributed by atoms with Crippen molar-refractivity contribution < 1.29 is 19.5 Å². The Kier molecular flexibility index (Phi) is 6.57. The maximum Gasteiger partial charge on any atom is 0.244 e. The van der Waals surface area contributed by atoms with E-state index in [1.54, 1.807) is 16.7 Å². The van der Waals surface area contributed by atoms with E-state index >= 15 is 0 Å². The Morgan fingerprint density at radius 1 is 1.23 bits per heavy atom. The van der Waals surface area contributed by atoms with Gasteiger partial charge in [0.05, 0.1) is 16.6 Å². The number of benzene rings is 1. The van der Waals surface area contributed by atoms with Crippen LogP contribution in [0.4, 0.5) is 5.69 Å². The molecule has 2 unspecified atom stereocenters. The van der Waals surface area contributed by atoms with Crippen LogP contribution in [0.2, 0.25) is 0 Å². The van der Waals surface area contributed by atoms with Crippen molar-refractivity contribution in [3.8, 4) is 0 Å². The van der Waals surface area contributed by atoms with Crippen LogP contribution in [0.1, 0.15) is 39.0 Å². The molecular weight excluding hydrogens is 414 g/mol. The van der Waals surface area contributed by atoms with Crippen molar-refractivity contribution in [2.24, 2.45) is 11.8 Å². The minimum atomic E-state index is -0.585. The summed E-state index contributed by atoms with van der Waals surface area (Å²) in [5.74, 6) is -1.33. The smallest absolute Gasteiger partial charge is 0.244 e. The van der Waals surface area contributed by atoms with Crippen LogP contribution < -0.4 is 10.6 Å². The number of fused-ring (bicyclic) bond motifs is 1. The minimum Gasteiger partial charge on any atom is -0.396 e. The predicted molar refractivity (Wildman–Crippen MR) is 121 cm³/mol. The highest BCUT2D eigenvalue weighted by Crippen LogP contribution is 2.66. The molecule has 4 rings (SSSR count). The predicted octanol–water partition coefficient (Wildman–Crippen LogP) is 2.02. The summed E-state index contributed by atoms with van der Waals surface area (Å²) in [6, 6.07) is 8.70. The lowest BCUT2D eigenvalue weighted by molar-refractivity contribution is -0.139. The van der Waals surface area contributed by atoms with E-state index in [-0.39, 0.29) is 29.6 Å². The van der Waals surface area contributed by atoms with Gasteiger partial charge in [-0.2, -0.15) is 0 Å². The molecule has 1 spiro atoms. The molecular formula is C23H31N3O4S. The maximum absolute atomic E-state index is 13.6. The lowest BCUT2D eigenvalue weighted by atomic mass is 9.70. The Bertz CT molecular complexity index is 835. The number of amides is 3. The molecule has 0 saturated carbocycles. The Labute approximate surface area is 187 Å². The highest BCUT2D eigenvalue weighted by atomic mass is 32.2. The van der Waals surface area contributed by atoms with Crippen LogP contribution >= 0.6 is 11.8 Å². The largest absolute Gasteiger partial charge is 0.396 e. The summed E-state index contributed by atoms with van der Waals surface area (Å²) >= 11 is 1.67. The second-order valence-electron chi connectivity index (χ2n) is 8.66. The summed E-state index contributed by atoms with van der Waals surface area (Å²) in [6.45, 7) is 2.94. The number of nitrogens with zero attached hydrogens (tertiary/aromatic N) is 1. The van der Waals surface area contributed by atoms with E-state index in [0.717, 1.165) is 25.7 Å². The van der Waals surface area contributed by atoms with Crippen molar-refractivity contribution in [3.63, 3.8) is 0 Å². The monoisotopic (exact) mass is 445 g/mol. The Hall–Kier alpha value is -2.06. The van der Waals surface area contributed by atoms with Gasteiger partial charge in [-0.15, -0.1) is 11.8 Å². The molecule has 5 atom stereocenters. The van der Waals surface area contributed by atoms with Crippen LogP contribution in [0.25, 0.3) is 0 Å². The summed E-state index contributed by atoms with van der Waals surface area (Å²) in [4.78, 5) is 41.7. The zero-order chi connectivity index (χ0) is 22.0. The molecule has 3 heterocycles. The van der Waals surface area contributed by atoms with Gasteiger partial charge in [0.1, 0.15) is 6.04 Å². The van der Waals surface area contributed by atoms with Crippen molar-refractivity contribution in [2.75, 3.05) is 25.0 Å². The van der Waals surface area contributed by atoms with Gasteiger partial charge in [0.15, 0.2) is 0 Å². The molecule has 1 aromatic carbocycles. The van der Waals surface area contributed by atoms with Crippen LogP contribution in [0.15, 0.2) is 30.3 Å². The fourth-order valence-electron chi connectivity index (χ4n) is 5.47.